The van der Waals surface area contributed by atoms with Crippen LogP contribution in [0.15, 0.2) is 0 Å². The molecule has 0 aromatic carbocycles. The van der Waals surface area contributed by atoms with Gasteiger partial charge < -0.3 is 14.7 Å². The summed E-state index contributed by atoms with van der Waals surface area (Å²) in [6, 6.07) is 0.212. The van der Waals surface area contributed by atoms with Gasteiger partial charge >= 0.3 is 5.97 Å². The van der Waals surface area contributed by atoms with Gasteiger partial charge in [-0.1, -0.05) is 13.8 Å². The van der Waals surface area contributed by atoms with Crippen LogP contribution in [0, 0.1) is 17.3 Å². The first-order chi connectivity index (χ1) is 10.4. The minimum Gasteiger partial charge on any atom is -0.481 e. The summed E-state index contributed by atoms with van der Waals surface area (Å²) in [6.07, 6.45) is 4.90. The number of amides is 1. The first-order valence-electron chi connectivity index (χ1n) is 8.43. The summed E-state index contributed by atoms with van der Waals surface area (Å²) in [4.78, 5) is 25.7. The lowest BCUT2D eigenvalue weighted by Crippen LogP contribution is -2.64. The van der Waals surface area contributed by atoms with Crippen molar-refractivity contribution in [3.63, 3.8) is 0 Å². The Kier molecular flexibility index (Phi) is 5.15. The summed E-state index contributed by atoms with van der Waals surface area (Å²) >= 11 is 0. The van der Waals surface area contributed by atoms with Crippen LogP contribution < -0.4 is 0 Å². The first kappa shape index (κ1) is 17.3. The summed E-state index contributed by atoms with van der Waals surface area (Å²) in [5.74, 6) is -1.12. The fourth-order valence-corrected chi connectivity index (χ4v) is 4.65. The molecule has 2 saturated carbocycles. The van der Waals surface area contributed by atoms with Crippen LogP contribution in [-0.4, -0.2) is 48.2 Å². The Hall–Kier alpha value is -1.10. The number of hydrogen-bond donors (Lipinski definition) is 1. The van der Waals surface area contributed by atoms with Crippen molar-refractivity contribution in [3.8, 4) is 0 Å². The zero-order chi connectivity index (χ0) is 16.5. The van der Waals surface area contributed by atoms with Crippen molar-refractivity contribution < 1.29 is 19.4 Å². The minimum absolute atomic E-state index is 0.0456. The Morgan fingerprint density at radius 2 is 1.77 bits per heavy atom. The second-order valence-electron chi connectivity index (χ2n) is 6.91. The van der Waals surface area contributed by atoms with E-state index in [1.165, 1.54) is 0 Å². The Labute approximate surface area is 133 Å². The fourth-order valence-electron chi connectivity index (χ4n) is 4.65. The highest BCUT2D eigenvalue weighted by atomic mass is 16.5. The van der Waals surface area contributed by atoms with Gasteiger partial charge in [-0.05, 0) is 38.5 Å². The number of carboxylic acids is 1. The van der Waals surface area contributed by atoms with Gasteiger partial charge in [0.05, 0.1) is 12.0 Å². The quantitative estimate of drug-likeness (QED) is 0.818. The molecule has 2 aliphatic carbocycles. The molecule has 0 spiro atoms. The van der Waals surface area contributed by atoms with Crippen LogP contribution >= 0.6 is 0 Å². The third-order valence-electron chi connectivity index (χ3n) is 6.29. The average molecular weight is 311 g/mol. The summed E-state index contributed by atoms with van der Waals surface area (Å²) in [7, 11) is 3.63. The molecule has 0 aromatic heterocycles. The van der Waals surface area contributed by atoms with Crippen molar-refractivity contribution in [1.29, 1.82) is 0 Å². The molecule has 22 heavy (non-hydrogen) atoms. The van der Waals surface area contributed by atoms with Crippen molar-refractivity contribution >= 4 is 11.9 Å². The van der Waals surface area contributed by atoms with E-state index in [-0.39, 0.29) is 35.3 Å². The highest BCUT2D eigenvalue weighted by molar-refractivity contribution is 5.81. The molecule has 0 bridgehead atoms. The molecule has 2 rings (SSSR count). The predicted octanol–water partition coefficient (Wildman–Crippen LogP) is 2.54. The Morgan fingerprint density at radius 1 is 1.18 bits per heavy atom. The largest absolute Gasteiger partial charge is 0.481 e. The lowest BCUT2D eigenvalue weighted by molar-refractivity contribution is -0.172. The summed E-state index contributed by atoms with van der Waals surface area (Å²) < 4.78 is 5.60. The van der Waals surface area contributed by atoms with E-state index < -0.39 is 5.97 Å². The predicted molar refractivity (Wildman–Crippen MR) is 83.5 cm³/mol. The number of carbonyl (C=O) groups is 2. The van der Waals surface area contributed by atoms with E-state index in [4.69, 9.17) is 9.84 Å². The maximum absolute atomic E-state index is 12.8. The summed E-state index contributed by atoms with van der Waals surface area (Å²) in [5, 5.41) is 9.10. The normalized spacial score (nSPS) is 33.3. The van der Waals surface area contributed by atoms with Gasteiger partial charge in [0.25, 0.3) is 0 Å². The van der Waals surface area contributed by atoms with Gasteiger partial charge in [0.2, 0.25) is 5.91 Å². The molecule has 5 nitrogen and oxygen atoms in total. The third-order valence-corrected chi connectivity index (χ3v) is 6.29. The molecule has 0 aliphatic heterocycles. The van der Waals surface area contributed by atoms with E-state index in [2.05, 4.69) is 13.8 Å². The number of carboxylic acid groups (broad SMARTS) is 1. The number of nitrogens with zero attached hydrogens (tertiary/aromatic N) is 1. The van der Waals surface area contributed by atoms with Gasteiger partial charge in [-0.3, -0.25) is 9.59 Å². The number of rotatable bonds is 6. The topological polar surface area (TPSA) is 66.8 Å². The van der Waals surface area contributed by atoms with Crippen molar-refractivity contribution in [1.82, 2.24) is 4.90 Å². The summed E-state index contributed by atoms with van der Waals surface area (Å²) in [5.41, 5.74) is 0.0456. The Bertz CT molecular complexity index is 432. The molecule has 2 fully saturated rings. The SMILES string of the molecule is CCC1(CC)C(OC)CC1N(C)C(=O)[C@@H]1CC[C@H](C(=O)O)C1. The first-order valence-corrected chi connectivity index (χ1v) is 8.43. The standard InChI is InChI=1S/C17H29NO4/c1-5-17(6-2)13(10-14(17)22-4)18(3)15(19)11-7-8-12(9-11)16(20)21/h11-14H,5-10H2,1-4H3,(H,20,21)/t11-,12+,13?,14?/m1/s1. The van der Waals surface area contributed by atoms with Crippen LogP contribution in [0.5, 0.6) is 0 Å². The molecule has 2 aliphatic rings. The van der Waals surface area contributed by atoms with E-state index in [1.807, 2.05) is 11.9 Å². The van der Waals surface area contributed by atoms with E-state index >= 15 is 0 Å². The summed E-state index contributed by atoms with van der Waals surface area (Å²) in [6.45, 7) is 4.33. The molecule has 126 valence electrons. The smallest absolute Gasteiger partial charge is 0.306 e. The average Bonchev–Trinajstić information content (AvgIpc) is 2.97. The van der Waals surface area contributed by atoms with Crippen LogP contribution in [0.3, 0.4) is 0 Å². The number of hydrogen-bond acceptors (Lipinski definition) is 3. The Morgan fingerprint density at radius 3 is 2.23 bits per heavy atom. The van der Waals surface area contributed by atoms with Gasteiger partial charge in [-0.2, -0.15) is 0 Å². The Balaban J connectivity index is 2.04. The van der Waals surface area contributed by atoms with Gasteiger partial charge in [-0.15, -0.1) is 0 Å². The number of methoxy groups -OCH3 is 1. The number of aliphatic carboxylic acids is 1. The van der Waals surface area contributed by atoms with Crippen LogP contribution in [0.4, 0.5) is 0 Å². The maximum atomic E-state index is 12.8. The monoisotopic (exact) mass is 311 g/mol. The van der Waals surface area contributed by atoms with E-state index in [1.54, 1.807) is 7.11 Å². The van der Waals surface area contributed by atoms with Crippen molar-refractivity contribution in [2.45, 2.75) is 64.5 Å². The molecule has 1 N–H and O–H groups in total. The van der Waals surface area contributed by atoms with Crippen LogP contribution in [-0.2, 0) is 14.3 Å². The molecular weight excluding hydrogens is 282 g/mol. The van der Waals surface area contributed by atoms with E-state index in [0.717, 1.165) is 19.3 Å². The van der Waals surface area contributed by atoms with Crippen LogP contribution in [0.1, 0.15) is 52.4 Å². The molecule has 5 heteroatoms. The second kappa shape index (κ2) is 6.57. The molecule has 0 aromatic rings. The molecule has 1 amide bonds. The number of ether oxygens (including phenoxy) is 1. The van der Waals surface area contributed by atoms with Gasteiger partial charge in [0.15, 0.2) is 0 Å². The highest BCUT2D eigenvalue weighted by Gasteiger charge is 2.56. The fraction of sp³-hybridized carbons (Fsp3) is 0.882. The van der Waals surface area contributed by atoms with Gasteiger partial charge in [0.1, 0.15) is 0 Å². The number of carbonyl (C=O) groups excluding carboxylic acids is 1. The van der Waals surface area contributed by atoms with Crippen molar-refractivity contribution in [3.05, 3.63) is 0 Å². The highest BCUT2D eigenvalue weighted by Crippen LogP contribution is 2.51. The zero-order valence-electron chi connectivity index (χ0n) is 14.2. The van der Waals surface area contributed by atoms with Gasteiger partial charge in [-0.25, -0.2) is 0 Å². The molecular formula is C17H29NO4. The maximum Gasteiger partial charge on any atom is 0.306 e. The van der Waals surface area contributed by atoms with Gasteiger partial charge in [0, 0.05) is 31.5 Å². The zero-order valence-corrected chi connectivity index (χ0v) is 14.2. The molecule has 2 unspecified atom stereocenters. The second-order valence-corrected chi connectivity index (χ2v) is 6.91. The van der Waals surface area contributed by atoms with Crippen LogP contribution in [0.25, 0.3) is 0 Å². The lowest BCUT2D eigenvalue weighted by Gasteiger charge is -2.58. The minimum atomic E-state index is -0.766. The molecule has 0 saturated heterocycles. The third kappa shape index (κ3) is 2.64. The van der Waals surface area contributed by atoms with Crippen molar-refractivity contribution in [2.75, 3.05) is 14.2 Å². The lowest BCUT2D eigenvalue weighted by atomic mass is 9.58. The van der Waals surface area contributed by atoms with Crippen molar-refractivity contribution in [2.24, 2.45) is 17.3 Å². The van der Waals surface area contributed by atoms with E-state index in [9.17, 15) is 9.59 Å². The molecule has 0 radical (unpaired) electrons. The molecule has 4 atom stereocenters. The molecule has 0 heterocycles. The van der Waals surface area contributed by atoms with E-state index in [0.29, 0.717) is 19.3 Å². The van der Waals surface area contributed by atoms with Crippen LogP contribution in [0.2, 0.25) is 0 Å².